The van der Waals surface area contributed by atoms with Crippen LogP contribution in [0.4, 0.5) is 10.5 Å². The number of benzene rings is 1. The average molecular weight is 449 g/mol. The van der Waals surface area contributed by atoms with Crippen molar-refractivity contribution in [3.63, 3.8) is 0 Å². The summed E-state index contributed by atoms with van der Waals surface area (Å²) in [4.78, 5) is 37.3. The van der Waals surface area contributed by atoms with Gasteiger partial charge in [0, 0.05) is 10.0 Å². The average Bonchev–Trinajstić information content (AvgIpc) is 2.60. The number of esters is 1. The van der Waals surface area contributed by atoms with Gasteiger partial charge in [-0.25, -0.2) is 4.79 Å². The number of carbonyl (C=O) groups excluding carboxylic acids is 3. The van der Waals surface area contributed by atoms with Crippen LogP contribution in [0.2, 0.25) is 0 Å². The molecule has 0 radical (unpaired) electrons. The molecule has 4 fully saturated rings. The maximum Gasteiger partial charge on any atom is 0.325 e. The second-order valence-corrected chi connectivity index (χ2v) is 10.4. The van der Waals surface area contributed by atoms with E-state index in [1.807, 2.05) is 6.07 Å². The zero-order valence-electron chi connectivity index (χ0n) is 15.9. The van der Waals surface area contributed by atoms with Crippen LogP contribution in [0.15, 0.2) is 30.3 Å². The van der Waals surface area contributed by atoms with E-state index < -0.39 is 23.5 Å². The minimum atomic E-state index is -1.02. The van der Waals surface area contributed by atoms with E-state index in [0.29, 0.717) is 17.5 Å². The highest BCUT2D eigenvalue weighted by Crippen LogP contribution is 2.64. The Morgan fingerprint density at radius 1 is 1.11 bits per heavy atom. The van der Waals surface area contributed by atoms with Crippen molar-refractivity contribution >= 4 is 39.5 Å². The highest BCUT2D eigenvalue weighted by molar-refractivity contribution is 9.10. The molecule has 0 spiro atoms. The van der Waals surface area contributed by atoms with E-state index in [1.54, 1.807) is 24.3 Å². The van der Waals surface area contributed by atoms with Crippen molar-refractivity contribution < 1.29 is 19.1 Å². The summed E-state index contributed by atoms with van der Waals surface area (Å²) in [5.74, 6) is 0.180. The molecule has 3 amide bonds. The van der Waals surface area contributed by atoms with E-state index in [-0.39, 0.29) is 10.3 Å². The lowest BCUT2D eigenvalue weighted by atomic mass is 9.49. The lowest BCUT2D eigenvalue weighted by molar-refractivity contribution is -0.176. The largest absolute Gasteiger partial charge is 0.452 e. The van der Waals surface area contributed by atoms with Crippen molar-refractivity contribution in [2.45, 2.75) is 55.9 Å². The second kappa shape index (κ2) is 7.17. The first-order chi connectivity index (χ1) is 13.3. The van der Waals surface area contributed by atoms with Gasteiger partial charge in [0.15, 0.2) is 6.10 Å². The molecule has 0 aliphatic heterocycles. The van der Waals surface area contributed by atoms with Gasteiger partial charge in [0.05, 0.1) is 5.41 Å². The van der Waals surface area contributed by atoms with Crippen LogP contribution in [0.5, 0.6) is 0 Å². The number of alkyl halides is 1. The maximum atomic E-state index is 13.0. The molecule has 6 nitrogen and oxygen atoms in total. The zero-order chi connectivity index (χ0) is 19.9. The van der Waals surface area contributed by atoms with Gasteiger partial charge in [0.25, 0.3) is 5.91 Å². The summed E-state index contributed by atoms with van der Waals surface area (Å²) in [7, 11) is 0. The number of amides is 3. The molecule has 28 heavy (non-hydrogen) atoms. The van der Waals surface area contributed by atoms with E-state index in [2.05, 4.69) is 26.6 Å². The standard InChI is InChI=1S/C21H25BrN2O4/c1-13(17(25)24-19(27)23-16-5-3-2-4-6-16)28-18(26)20-8-14-7-15(9-20)11-21(22,10-14)12-20/h2-6,13-15H,7-12H2,1H3,(H2,23,24,25,27). The van der Waals surface area contributed by atoms with Crippen LogP contribution in [0.1, 0.15) is 45.4 Å². The molecule has 3 atom stereocenters. The van der Waals surface area contributed by atoms with Gasteiger partial charge in [-0.15, -0.1) is 0 Å². The third kappa shape index (κ3) is 3.81. The molecule has 0 heterocycles. The van der Waals surface area contributed by atoms with Crippen LogP contribution >= 0.6 is 15.9 Å². The summed E-state index contributed by atoms with van der Waals surface area (Å²) in [6.45, 7) is 1.51. The number of ether oxygens (including phenoxy) is 1. The van der Waals surface area contributed by atoms with Crippen molar-refractivity contribution in [3.05, 3.63) is 30.3 Å². The first kappa shape index (κ1) is 19.4. The monoisotopic (exact) mass is 448 g/mol. The SMILES string of the molecule is CC(OC(=O)C12CC3CC(CC(Br)(C3)C1)C2)C(=O)NC(=O)Nc1ccccc1. The summed E-state index contributed by atoms with van der Waals surface area (Å²) >= 11 is 3.88. The highest BCUT2D eigenvalue weighted by Gasteiger charge is 2.60. The molecule has 2 N–H and O–H groups in total. The van der Waals surface area contributed by atoms with Gasteiger partial charge in [-0.1, -0.05) is 34.1 Å². The molecule has 0 saturated heterocycles. The third-order valence-corrected chi connectivity index (χ3v) is 7.27. The molecule has 5 rings (SSSR count). The summed E-state index contributed by atoms with van der Waals surface area (Å²) in [6, 6.07) is 8.19. The quantitative estimate of drug-likeness (QED) is 0.538. The zero-order valence-corrected chi connectivity index (χ0v) is 17.5. The van der Waals surface area contributed by atoms with E-state index in [1.165, 1.54) is 13.3 Å². The predicted molar refractivity (Wildman–Crippen MR) is 108 cm³/mol. The second-order valence-electron chi connectivity index (χ2n) is 8.75. The predicted octanol–water partition coefficient (Wildman–Crippen LogP) is 4.00. The van der Waals surface area contributed by atoms with Crippen molar-refractivity contribution in [1.82, 2.24) is 5.32 Å². The molecule has 150 valence electrons. The Morgan fingerprint density at radius 3 is 2.36 bits per heavy atom. The van der Waals surface area contributed by atoms with Gasteiger partial charge in [0.1, 0.15) is 0 Å². The van der Waals surface area contributed by atoms with E-state index in [0.717, 1.165) is 32.1 Å². The summed E-state index contributed by atoms with van der Waals surface area (Å²) < 4.78 is 5.58. The van der Waals surface area contributed by atoms with E-state index >= 15 is 0 Å². The molecular weight excluding hydrogens is 424 g/mol. The topological polar surface area (TPSA) is 84.5 Å². The van der Waals surface area contributed by atoms with Crippen molar-refractivity contribution in [3.8, 4) is 0 Å². The number of anilines is 1. The van der Waals surface area contributed by atoms with Crippen LogP contribution in [0, 0.1) is 17.3 Å². The third-order valence-electron chi connectivity index (χ3n) is 6.34. The van der Waals surface area contributed by atoms with Crippen LogP contribution in [-0.2, 0) is 14.3 Å². The number of urea groups is 1. The van der Waals surface area contributed by atoms with Crippen molar-refractivity contribution in [2.24, 2.45) is 17.3 Å². The lowest BCUT2D eigenvalue weighted by Gasteiger charge is -2.58. The molecule has 4 saturated carbocycles. The fraction of sp³-hybridized carbons (Fsp3) is 0.571. The normalized spacial score (nSPS) is 33.8. The van der Waals surface area contributed by atoms with Crippen LogP contribution in [0.3, 0.4) is 0 Å². The number of rotatable bonds is 4. The van der Waals surface area contributed by atoms with Gasteiger partial charge in [0.2, 0.25) is 0 Å². The summed E-state index contributed by atoms with van der Waals surface area (Å²) in [6.07, 6.45) is 4.87. The Hall–Kier alpha value is -1.89. The maximum absolute atomic E-state index is 13.0. The van der Waals surface area contributed by atoms with Crippen LogP contribution in [-0.4, -0.2) is 28.3 Å². The number of para-hydroxylation sites is 1. The number of hydrogen-bond acceptors (Lipinski definition) is 4. The number of halogens is 1. The molecule has 4 aliphatic carbocycles. The lowest BCUT2D eigenvalue weighted by Crippen LogP contribution is -2.57. The Balaban J connectivity index is 1.34. The van der Waals surface area contributed by atoms with Crippen LogP contribution < -0.4 is 10.6 Å². The van der Waals surface area contributed by atoms with Gasteiger partial charge >= 0.3 is 12.0 Å². The van der Waals surface area contributed by atoms with Crippen molar-refractivity contribution in [2.75, 3.05) is 5.32 Å². The molecule has 4 aliphatic rings. The van der Waals surface area contributed by atoms with Gasteiger partial charge in [-0.2, -0.15) is 0 Å². The van der Waals surface area contributed by atoms with Gasteiger partial charge in [-0.3, -0.25) is 14.9 Å². The molecule has 1 aromatic rings. The number of carbonyl (C=O) groups is 3. The Morgan fingerprint density at radius 2 is 1.75 bits per heavy atom. The van der Waals surface area contributed by atoms with Crippen molar-refractivity contribution in [1.29, 1.82) is 0 Å². The summed E-state index contributed by atoms with van der Waals surface area (Å²) in [5, 5.41) is 4.82. The molecule has 7 heteroatoms. The fourth-order valence-corrected chi connectivity index (χ4v) is 7.08. The number of nitrogens with one attached hydrogen (secondary N) is 2. The Kier molecular flexibility index (Phi) is 4.98. The molecular formula is C21H25BrN2O4. The number of imide groups is 1. The van der Waals surface area contributed by atoms with E-state index in [4.69, 9.17) is 4.74 Å². The molecule has 3 unspecified atom stereocenters. The van der Waals surface area contributed by atoms with Gasteiger partial charge < -0.3 is 10.1 Å². The molecule has 1 aromatic carbocycles. The minimum Gasteiger partial charge on any atom is -0.452 e. The smallest absolute Gasteiger partial charge is 0.325 e. The first-order valence-corrected chi connectivity index (χ1v) is 10.6. The minimum absolute atomic E-state index is 0.0389. The molecule has 4 bridgehead atoms. The van der Waals surface area contributed by atoms with Crippen LogP contribution in [0.25, 0.3) is 0 Å². The Labute approximate surface area is 172 Å². The molecule has 0 aromatic heterocycles. The first-order valence-electron chi connectivity index (χ1n) is 9.84. The summed E-state index contributed by atoms with van der Waals surface area (Å²) in [5.41, 5.74) is 0.0858. The Bertz CT molecular complexity index is 783. The fourth-order valence-electron chi connectivity index (χ4n) is 5.63. The number of hydrogen-bond donors (Lipinski definition) is 2. The van der Waals surface area contributed by atoms with Gasteiger partial charge in [-0.05, 0) is 69.4 Å². The highest BCUT2D eigenvalue weighted by atomic mass is 79.9. The van der Waals surface area contributed by atoms with E-state index in [9.17, 15) is 14.4 Å².